The van der Waals surface area contributed by atoms with E-state index < -0.39 is 0 Å². The molecular formula is C6H8ClN2. The summed E-state index contributed by atoms with van der Waals surface area (Å²) >= 11 is 5.48. The van der Waals surface area contributed by atoms with E-state index >= 15 is 0 Å². The molecule has 0 bridgehead atoms. The van der Waals surface area contributed by atoms with Gasteiger partial charge in [-0.05, 0) is 12.2 Å². The minimum Gasteiger partial charge on any atom is -0.286 e. The zero-order valence-electron chi connectivity index (χ0n) is 5.43. The molecule has 0 fully saturated rings. The molecule has 0 spiro atoms. The summed E-state index contributed by atoms with van der Waals surface area (Å²) in [5, 5.41) is 0.450. The van der Waals surface area contributed by atoms with Crippen LogP contribution in [0.15, 0.2) is 22.1 Å². The average Bonchev–Trinajstić information content (AvgIpc) is 1.89. The molecule has 2 nitrogen and oxygen atoms in total. The highest BCUT2D eigenvalue weighted by Gasteiger charge is 1.77. The molecule has 0 aromatic carbocycles. The Morgan fingerprint density at radius 3 is 2.67 bits per heavy atom. The smallest absolute Gasteiger partial charge is 0.123 e. The summed E-state index contributed by atoms with van der Waals surface area (Å²) in [5.74, 6) is 0. The first-order valence-corrected chi connectivity index (χ1v) is 2.82. The molecule has 0 atom stereocenters. The van der Waals surface area contributed by atoms with Crippen molar-refractivity contribution in [1.29, 1.82) is 0 Å². The highest BCUT2D eigenvalue weighted by atomic mass is 35.5. The first-order valence-electron chi connectivity index (χ1n) is 2.44. The second-order valence-electron chi connectivity index (χ2n) is 1.23. The molecule has 0 aliphatic carbocycles. The number of hydrogen-bond donors (Lipinski definition) is 0. The lowest BCUT2D eigenvalue weighted by atomic mass is 10.5. The van der Waals surface area contributed by atoms with E-state index in [1.807, 2.05) is 0 Å². The maximum Gasteiger partial charge on any atom is 0.123 e. The zero-order valence-corrected chi connectivity index (χ0v) is 6.18. The van der Waals surface area contributed by atoms with Crippen molar-refractivity contribution in [2.45, 2.75) is 0 Å². The molecule has 0 saturated heterocycles. The van der Waals surface area contributed by atoms with Crippen molar-refractivity contribution in [3.05, 3.63) is 12.2 Å². The number of aliphatic imine (C=N–C) groups is 2. The van der Waals surface area contributed by atoms with Crippen molar-refractivity contribution in [3.63, 3.8) is 0 Å². The van der Waals surface area contributed by atoms with Gasteiger partial charge in [0.05, 0.1) is 6.21 Å². The van der Waals surface area contributed by atoms with Gasteiger partial charge in [-0.1, -0.05) is 11.6 Å². The third-order valence-corrected chi connectivity index (χ3v) is 0.933. The van der Waals surface area contributed by atoms with Crippen molar-refractivity contribution in [1.82, 2.24) is 0 Å². The minimum atomic E-state index is 0.450. The predicted octanol–water partition coefficient (Wildman–Crippen LogP) is 1.39. The third-order valence-electron chi connectivity index (χ3n) is 0.638. The van der Waals surface area contributed by atoms with Crippen LogP contribution in [0.5, 0.6) is 0 Å². The normalized spacial score (nSPS) is 13.9. The van der Waals surface area contributed by atoms with Crippen LogP contribution in [0.25, 0.3) is 0 Å². The van der Waals surface area contributed by atoms with Crippen molar-refractivity contribution in [2.75, 3.05) is 14.1 Å². The van der Waals surface area contributed by atoms with Gasteiger partial charge < -0.3 is 0 Å². The fourth-order valence-corrected chi connectivity index (χ4v) is 0.318. The number of nitrogens with zero attached hydrogens (tertiary/aromatic N) is 2. The number of hydrogen-bond acceptors (Lipinski definition) is 2. The van der Waals surface area contributed by atoms with Gasteiger partial charge in [-0.3, -0.25) is 9.98 Å². The Bertz CT molecular complexity index is 147. The van der Waals surface area contributed by atoms with Crippen LogP contribution >= 0.6 is 11.6 Å². The first-order chi connectivity index (χ1) is 4.31. The SMILES string of the molecule is CN=C(Cl)C=C/[C]=N/C. The molecular weight excluding hydrogens is 136 g/mol. The monoisotopic (exact) mass is 143 g/mol. The van der Waals surface area contributed by atoms with Gasteiger partial charge in [0.2, 0.25) is 0 Å². The van der Waals surface area contributed by atoms with E-state index in [1.165, 1.54) is 0 Å². The molecule has 0 N–H and O–H groups in total. The van der Waals surface area contributed by atoms with Crippen molar-refractivity contribution >= 4 is 23.0 Å². The largest absolute Gasteiger partial charge is 0.286 e. The van der Waals surface area contributed by atoms with Crippen molar-refractivity contribution in [2.24, 2.45) is 9.98 Å². The Morgan fingerprint density at radius 1 is 1.56 bits per heavy atom. The molecule has 0 saturated carbocycles. The average molecular weight is 144 g/mol. The summed E-state index contributed by atoms with van der Waals surface area (Å²) in [5.41, 5.74) is 0. The molecule has 0 aliphatic rings. The maximum atomic E-state index is 5.48. The molecule has 49 valence electrons. The lowest BCUT2D eigenvalue weighted by Gasteiger charge is -1.78. The van der Waals surface area contributed by atoms with Gasteiger partial charge >= 0.3 is 0 Å². The quantitative estimate of drug-likeness (QED) is 0.522. The maximum absolute atomic E-state index is 5.48. The van der Waals surface area contributed by atoms with Crippen LogP contribution in [0.2, 0.25) is 0 Å². The van der Waals surface area contributed by atoms with Crippen molar-refractivity contribution in [3.8, 4) is 0 Å². The molecule has 3 heteroatoms. The Hall–Kier alpha value is -0.630. The van der Waals surface area contributed by atoms with Gasteiger partial charge in [0.15, 0.2) is 0 Å². The fourth-order valence-electron chi connectivity index (χ4n) is 0.255. The summed E-state index contributed by atoms with van der Waals surface area (Å²) in [6.07, 6.45) is 5.82. The summed E-state index contributed by atoms with van der Waals surface area (Å²) in [6.45, 7) is 0. The van der Waals surface area contributed by atoms with E-state index in [4.69, 9.17) is 11.6 Å². The second-order valence-corrected chi connectivity index (χ2v) is 1.62. The van der Waals surface area contributed by atoms with Gasteiger partial charge in [0.25, 0.3) is 0 Å². The highest BCUT2D eigenvalue weighted by Crippen LogP contribution is 1.84. The van der Waals surface area contributed by atoms with Crippen LogP contribution in [0.4, 0.5) is 0 Å². The Labute approximate surface area is 60.0 Å². The molecule has 0 unspecified atom stereocenters. The van der Waals surface area contributed by atoms with Crippen LogP contribution in [0.1, 0.15) is 0 Å². The molecule has 0 aromatic rings. The highest BCUT2D eigenvalue weighted by molar-refractivity contribution is 6.68. The van der Waals surface area contributed by atoms with Crippen LogP contribution in [-0.2, 0) is 0 Å². The van der Waals surface area contributed by atoms with Gasteiger partial charge in [-0.2, -0.15) is 0 Å². The zero-order chi connectivity index (χ0) is 7.11. The van der Waals surface area contributed by atoms with Gasteiger partial charge in [0.1, 0.15) is 5.17 Å². The Kier molecular flexibility index (Phi) is 5.12. The molecule has 0 amide bonds. The lowest BCUT2D eigenvalue weighted by Crippen LogP contribution is -1.77. The summed E-state index contributed by atoms with van der Waals surface area (Å²) in [6, 6.07) is 0. The van der Waals surface area contributed by atoms with E-state index in [0.717, 1.165) is 0 Å². The molecule has 0 rings (SSSR count). The third kappa shape index (κ3) is 5.24. The van der Waals surface area contributed by atoms with Crippen LogP contribution in [0.3, 0.4) is 0 Å². The summed E-state index contributed by atoms with van der Waals surface area (Å²) in [4.78, 5) is 7.27. The van der Waals surface area contributed by atoms with E-state index in [-0.39, 0.29) is 0 Å². The molecule has 1 radical (unpaired) electrons. The molecule has 9 heavy (non-hydrogen) atoms. The van der Waals surface area contributed by atoms with E-state index in [0.29, 0.717) is 5.17 Å². The van der Waals surface area contributed by atoms with Crippen LogP contribution in [0, 0.1) is 0 Å². The Balaban J connectivity index is 3.71. The first kappa shape index (κ1) is 8.37. The lowest BCUT2D eigenvalue weighted by molar-refractivity contribution is 1.46. The fraction of sp³-hybridized carbons (Fsp3) is 0.333. The van der Waals surface area contributed by atoms with Gasteiger partial charge in [0, 0.05) is 14.1 Å². The van der Waals surface area contributed by atoms with Crippen LogP contribution in [-0.4, -0.2) is 25.5 Å². The summed E-state index contributed by atoms with van der Waals surface area (Å²) in [7, 11) is 3.26. The van der Waals surface area contributed by atoms with E-state index in [1.54, 1.807) is 26.2 Å². The van der Waals surface area contributed by atoms with Crippen LogP contribution < -0.4 is 0 Å². The van der Waals surface area contributed by atoms with Gasteiger partial charge in [-0.25, -0.2) is 0 Å². The molecule has 0 heterocycles. The Morgan fingerprint density at radius 2 is 2.22 bits per heavy atom. The molecule has 0 aromatic heterocycles. The number of allylic oxidation sites excluding steroid dienone is 2. The van der Waals surface area contributed by atoms with Crippen molar-refractivity contribution < 1.29 is 0 Å². The topological polar surface area (TPSA) is 24.7 Å². The standard InChI is InChI=1S/C6H8ClN2/c1-8-5-3-4-6(7)9-2/h3-4H,1-2H3. The second kappa shape index (κ2) is 5.51. The minimum absolute atomic E-state index is 0.450. The number of halogens is 1. The number of rotatable bonds is 2. The van der Waals surface area contributed by atoms with E-state index in [9.17, 15) is 0 Å². The van der Waals surface area contributed by atoms with Gasteiger partial charge in [-0.15, -0.1) is 0 Å². The summed E-state index contributed by atoms with van der Waals surface area (Å²) < 4.78 is 0. The molecule has 0 aliphatic heterocycles. The van der Waals surface area contributed by atoms with E-state index in [2.05, 4.69) is 16.2 Å². The predicted molar refractivity (Wildman–Crippen MR) is 41.7 cm³/mol.